The third-order valence-corrected chi connectivity index (χ3v) is 9.13. The van der Waals surface area contributed by atoms with Crippen LogP contribution in [0.5, 0.6) is 0 Å². The summed E-state index contributed by atoms with van der Waals surface area (Å²) in [4.78, 5) is 26.7. The maximum Gasteiger partial charge on any atom is 0.265 e. The molecular weight excluding hydrogens is 430 g/mol. The molecule has 1 aromatic heterocycles. The second kappa shape index (κ2) is 9.93. The minimum Gasteiger partial charge on any atom is -0.364 e. The molecule has 1 aliphatic carbocycles. The van der Waals surface area contributed by atoms with Gasteiger partial charge in [-0.1, -0.05) is 25.7 Å². The number of nitrogens with zero attached hydrogens (tertiary/aromatic N) is 3. The predicted molar refractivity (Wildman–Crippen MR) is 123 cm³/mol. The molecule has 32 heavy (non-hydrogen) atoms. The number of hydrogen-bond donors (Lipinski definition) is 2. The first-order chi connectivity index (χ1) is 15.1. The molecule has 3 rings (SSSR count). The van der Waals surface area contributed by atoms with E-state index in [9.17, 15) is 18.0 Å². The van der Waals surface area contributed by atoms with Gasteiger partial charge >= 0.3 is 0 Å². The van der Waals surface area contributed by atoms with Crippen molar-refractivity contribution in [2.45, 2.75) is 61.8 Å². The number of amides is 2. The number of aromatic nitrogens is 1. The second-order valence-electron chi connectivity index (χ2n) is 9.47. The molecule has 0 radical (unpaired) electrons. The van der Waals surface area contributed by atoms with Crippen LogP contribution in [0.1, 0.15) is 61.9 Å². The molecule has 0 atom stereocenters. The van der Waals surface area contributed by atoms with E-state index in [1.807, 2.05) is 0 Å². The van der Waals surface area contributed by atoms with E-state index >= 15 is 0 Å². The van der Waals surface area contributed by atoms with Crippen molar-refractivity contribution >= 4 is 21.8 Å². The highest BCUT2D eigenvalue weighted by molar-refractivity contribution is 7.89. The molecule has 2 amide bonds. The van der Waals surface area contributed by atoms with Gasteiger partial charge in [0.1, 0.15) is 10.6 Å². The van der Waals surface area contributed by atoms with Crippen LogP contribution in [0.4, 0.5) is 0 Å². The van der Waals surface area contributed by atoms with Gasteiger partial charge in [0.25, 0.3) is 5.91 Å². The summed E-state index contributed by atoms with van der Waals surface area (Å²) in [7, 11) is 2.04. The number of sulfonamides is 1. The number of piperidine rings is 1. The predicted octanol–water partition coefficient (Wildman–Crippen LogP) is 1.30. The molecule has 0 bridgehead atoms. The monoisotopic (exact) mass is 467 g/mol. The molecular formula is C22H37N5O4S. The number of carbonyl (C=O) groups is 2. The fraction of sp³-hybridized carbons (Fsp3) is 0.727. The first-order valence-corrected chi connectivity index (χ1v) is 12.9. The number of primary amides is 1. The van der Waals surface area contributed by atoms with Crippen molar-refractivity contribution in [3.05, 3.63) is 18.0 Å². The molecule has 180 valence electrons. The average Bonchev–Trinajstić information content (AvgIpc) is 3.00. The van der Waals surface area contributed by atoms with Crippen LogP contribution in [0.2, 0.25) is 0 Å². The number of nitrogens with one attached hydrogen (secondary N) is 1. The van der Waals surface area contributed by atoms with Crippen molar-refractivity contribution in [3.63, 3.8) is 0 Å². The van der Waals surface area contributed by atoms with Crippen molar-refractivity contribution in [2.75, 3.05) is 33.7 Å². The smallest absolute Gasteiger partial charge is 0.265 e. The summed E-state index contributed by atoms with van der Waals surface area (Å²) in [5.41, 5.74) is 5.45. The molecule has 1 aliphatic heterocycles. The number of likely N-dealkylation sites (N-methyl/N-ethyl adjacent to an activating group) is 1. The lowest BCUT2D eigenvalue weighted by molar-refractivity contribution is -0.126. The summed E-state index contributed by atoms with van der Waals surface area (Å²) in [6.45, 7) is 1.19. The van der Waals surface area contributed by atoms with Crippen LogP contribution in [-0.2, 0) is 21.9 Å². The summed E-state index contributed by atoms with van der Waals surface area (Å²) in [6, 6.07) is 1.31. The van der Waals surface area contributed by atoms with Gasteiger partial charge in [-0.2, -0.15) is 4.31 Å². The SMILES string of the molecule is CN(C)C1(CNC(=O)C2CCN(S(=O)(=O)c3cc(C(N)=O)n(C)c3)CC2)CCCCCC1. The van der Waals surface area contributed by atoms with Gasteiger partial charge < -0.3 is 20.5 Å². The number of hydrogen-bond acceptors (Lipinski definition) is 5. The number of carbonyl (C=O) groups excluding carboxylic acids is 2. The van der Waals surface area contributed by atoms with E-state index in [0.29, 0.717) is 19.4 Å². The second-order valence-corrected chi connectivity index (χ2v) is 11.4. The topological polar surface area (TPSA) is 118 Å². The molecule has 0 unspecified atom stereocenters. The van der Waals surface area contributed by atoms with Gasteiger partial charge in [0.05, 0.1) is 0 Å². The maximum atomic E-state index is 13.0. The Bertz CT molecular complexity index is 924. The zero-order chi connectivity index (χ0) is 23.5. The molecule has 10 heteroatoms. The molecule has 1 aromatic rings. The van der Waals surface area contributed by atoms with E-state index in [-0.39, 0.29) is 41.0 Å². The van der Waals surface area contributed by atoms with Gasteiger partial charge in [0.15, 0.2) is 0 Å². The normalized spacial score (nSPS) is 20.8. The van der Waals surface area contributed by atoms with Gasteiger partial charge in [-0.3, -0.25) is 9.59 Å². The number of aryl methyl sites for hydroxylation is 1. The van der Waals surface area contributed by atoms with E-state index in [4.69, 9.17) is 5.73 Å². The van der Waals surface area contributed by atoms with E-state index < -0.39 is 15.9 Å². The maximum absolute atomic E-state index is 13.0. The zero-order valence-electron chi connectivity index (χ0n) is 19.5. The Balaban J connectivity index is 1.58. The van der Waals surface area contributed by atoms with E-state index in [1.54, 1.807) is 7.05 Å². The first kappa shape index (κ1) is 24.7. The zero-order valence-corrected chi connectivity index (χ0v) is 20.3. The highest BCUT2D eigenvalue weighted by Gasteiger charge is 2.36. The highest BCUT2D eigenvalue weighted by Crippen LogP contribution is 2.31. The average molecular weight is 468 g/mol. The third-order valence-electron chi connectivity index (χ3n) is 7.27. The summed E-state index contributed by atoms with van der Waals surface area (Å²) in [5, 5.41) is 3.18. The standard InChI is InChI=1S/C22H37N5O4S/c1-25(2)22(10-6-4-5-7-11-22)16-24-21(29)17-8-12-27(13-9-17)32(30,31)18-14-19(20(23)28)26(3)15-18/h14-15,17H,4-13,16H2,1-3H3,(H2,23,28)(H,24,29). The fourth-order valence-electron chi connectivity index (χ4n) is 4.99. The minimum absolute atomic E-state index is 0.00163. The minimum atomic E-state index is -3.73. The quantitative estimate of drug-likeness (QED) is 0.586. The fourth-order valence-corrected chi connectivity index (χ4v) is 6.53. The Hall–Kier alpha value is -1.91. The third kappa shape index (κ3) is 5.18. The van der Waals surface area contributed by atoms with Crippen molar-refractivity contribution in [3.8, 4) is 0 Å². The van der Waals surface area contributed by atoms with Gasteiger partial charge in [-0.05, 0) is 45.8 Å². The van der Waals surface area contributed by atoms with Gasteiger partial charge in [0.2, 0.25) is 15.9 Å². The van der Waals surface area contributed by atoms with Gasteiger partial charge in [-0.15, -0.1) is 0 Å². The summed E-state index contributed by atoms with van der Waals surface area (Å²) in [6.07, 6.45) is 9.40. The van der Waals surface area contributed by atoms with Crippen LogP contribution in [0.25, 0.3) is 0 Å². The van der Waals surface area contributed by atoms with E-state index in [1.165, 1.54) is 46.8 Å². The van der Waals surface area contributed by atoms with E-state index in [0.717, 1.165) is 12.8 Å². The molecule has 1 saturated heterocycles. The van der Waals surface area contributed by atoms with Crippen LogP contribution < -0.4 is 11.1 Å². The van der Waals surface area contributed by atoms with E-state index in [2.05, 4.69) is 24.3 Å². The molecule has 9 nitrogen and oxygen atoms in total. The molecule has 0 spiro atoms. The van der Waals surface area contributed by atoms with Crippen molar-refractivity contribution in [1.82, 2.24) is 19.1 Å². The highest BCUT2D eigenvalue weighted by atomic mass is 32.2. The van der Waals surface area contributed by atoms with Crippen molar-refractivity contribution in [1.29, 1.82) is 0 Å². The first-order valence-electron chi connectivity index (χ1n) is 11.5. The van der Waals surface area contributed by atoms with Gasteiger partial charge in [-0.25, -0.2) is 8.42 Å². The number of nitrogens with two attached hydrogens (primary N) is 1. The number of rotatable bonds is 7. The van der Waals surface area contributed by atoms with Crippen LogP contribution in [0.3, 0.4) is 0 Å². The summed E-state index contributed by atoms with van der Waals surface area (Å²) < 4.78 is 28.8. The molecule has 2 fully saturated rings. The van der Waals surface area contributed by atoms with Crippen LogP contribution in [-0.4, -0.2) is 73.3 Å². The van der Waals surface area contributed by atoms with Crippen molar-refractivity contribution in [2.24, 2.45) is 18.7 Å². The molecule has 3 N–H and O–H groups in total. The Morgan fingerprint density at radius 1 is 1.16 bits per heavy atom. The lowest BCUT2D eigenvalue weighted by Gasteiger charge is -2.40. The summed E-state index contributed by atoms with van der Waals surface area (Å²) >= 11 is 0. The van der Waals surface area contributed by atoms with Crippen LogP contribution in [0.15, 0.2) is 17.2 Å². The lowest BCUT2D eigenvalue weighted by Crippen LogP contribution is -2.53. The Morgan fingerprint density at radius 2 is 1.75 bits per heavy atom. The largest absolute Gasteiger partial charge is 0.364 e. The molecule has 0 aromatic carbocycles. The Morgan fingerprint density at radius 3 is 2.25 bits per heavy atom. The van der Waals surface area contributed by atoms with Gasteiger partial charge in [0, 0.05) is 44.3 Å². The molecule has 2 aliphatic rings. The van der Waals surface area contributed by atoms with Crippen molar-refractivity contribution < 1.29 is 18.0 Å². The Kier molecular flexibility index (Phi) is 7.67. The Labute approximate surface area is 191 Å². The molecule has 1 saturated carbocycles. The summed E-state index contributed by atoms with van der Waals surface area (Å²) in [5.74, 6) is -0.847. The molecule has 2 heterocycles. The van der Waals surface area contributed by atoms with Crippen LogP contribution >= 0.6 is 0 Å². The lowest BCUT2D eigenvalue weighted by atomic mass is 9.88. The van der Waals surface area contributed by atoms with Crippen LogP contribution in [0, 0.1) is 5.92 Å².